The Bertz CT molecular complexity index is 1650. The van der Waals surface area contributed by atoms with E-state index in [1.165, 1.54) is 12.1 Å². The number of hydrogen-bond acceptors (Lipinski definition) is 12. The monoisotopic (exact) mass is 663 g/mol. The Morgan fingerprint density at radius 2 is 1.00 bits per heavy atom. The Morgan fingerprint density at radius 3 is 1.37 bits per heavy atom. The van der Waals surface area contributed by atoms with Crippen LogP contribution in [0.5, 0.6) is 34.5 Å². The largest absolute Gasteiger partial charge is 0.744 e. The summed E-state index contributed by atoms with van der Waals surface area (Å²) >= 11 is 5.00. The van der Waals surface area contributed by atoms with E-state index in [9.17, 15) is 13.0 Å². The summed E-state index contributed by atoms with van der Waals surface area (Å²) in [6, 6.07) is 6.12. The van der Waals surface area contributed by atoms with Gasteiger partial charge in [0.05, 0.1) is 24.4 Å². The minimum atomic E-state index is -4.30. The zero-order chi connectivity index (χ0) is 30.3. The lowest BCUT2D eigenvalue weighted by Crippen LogP contribution is -2.16. The van der Waals surface area contributed by atoms with E-state index in [1.54, 1.807) is 46.1 Å². The Labute approximate surface area is 262 Å². The molecule has 4 aromatic rings. The van der Waals surface area contributed by atoms with E-state index in [4.69, 9.17) is 28.4 Å². The van der Waals surface area contributed by atoms with E-state index in [1.807, 2.05) is 0 Å². The second-order valence-electron chi connectivity index (χ2n) is 10.1. The average Bonchev–Trinajstić information content (AvgIpc) is 3.68. The molecule has 0 radical (unpaired) electrons. The smallest absolute Gasteiger partial charge is 0.181 e. The third-order valence-corrected chi connectivity index (χ3v) is 11.8. The van der Waals surface area contributed by atoms with Gasteiger partial charge in [-0.25, -0.2) is 8.42 Å². The molecule has 0 spiro atoms. The van der Waals surface area contributed by atoms with E-state index >= 15 is 0 Å². The van der Waals surface area contributed by atoms with Crippen molar-refractivity contribution in [1.29, 1.82) is 0 Å². The number of fused-ring (bicyclic) bond motifs is 3. The molecular weight excluding hydrogens is 633 g/mol. The third kappa shape index (κ3) is 5.80. The highest BCUT2D eigenvalue weighted by Gasteiger charge is 2.35. The first kappa shape index (κ1) is 30.1. The number of ether oxygens (including phenoxy) is 6. The molecule has 230 valence electrons. The first-order chi connectivity index (χ1) is 20.7. The minimum absolute atomic E-state index is 0.162. The van der Waals surface area contributed by atoms with Gasteiger partial charge in [-0.2, -0.15) is 0 Å². The predicted molar refractivity (Wildman–Crippen MR) is 167 cm³/mol. The van der Waals surface area contributed by atoms with Crippen LogP contribution in [0.15, 0.2) is 29.2 Å². The number of aryl methyl sites for hydroxylation is 2. The molecule has 0 amide bonds. The predicted octanol–water partition coefficient (Wildman–Crippen LogP) is 7.24. The third-order valence-electron chi connectivity index (χ3n) is 7.29. The van der Waals surface area contributed by atoms with Crippen molar-refractivity contribution in [3.63, 3.8) is 0 Å². The van der Waals surface area contributed by atoms with Crippen molar-refractivity contribution in [3.05, 3.63) is 39.6 Å². The summed E-state index contributed by atoms with van der Waals surface area (Å²) in [6.07, 6.45) is 0.990. The molecule has 6 heterocycles. The highest BCUT2D eigenvalue weighted by molar-refractivity contribution is 7.85. The van der Waals surface area contributed by atoms with Crippen molar-refractivity contribution in [2.45, 2.75) is 44.9 Å². The van der Waals surface area contributed by atoms with Gasteiger partial charge >= 0.3 is 0 Å². The van der Waals surface area contributed by atoms with Crippen LogP contribution in [0.25, 0.3) is 19.5 Å². The van der Waals surface area contributed by atoms with E-state index in [0.29, 0.717) is 45.6 Å². The molecular formula is C30H31O9S4-. The Hall–Kier alpha value is -2.97. The van der Waals surface area contributed by atoms with Gasteiger partial charge in [-0.3, -0.25) is 0 Å². The summed E-state index contributed by atoms with van der Waals surface area (Å²) in [4.78, 5) is 6.16. The lowest BCUT2D eigenvalue weighted by Gasteiger charge is -2.19. The summed E-state index contributed by atoms with van der Waals surface area (Å²) < 4.78 is 67.7. The lowest BCUT2D eigenvalue weighted by atomic mass is 9.99. The fourth-order valence-corrected chi connectivity index (χ4v) is 8.93. The van der Waals surface area contributed by atoms with Gasteiger partial charge < -0.3 is 33.0 Å². The topological polar surface area (TPSA) is 113 Å². The lowest BCUT2D eigenvalue weighted by molar-refractivity contribution is 0.170. The Balaban J connectivity index is 0.000000200. The molecule has 0 saturated heterocycles. The maximum Gasteiger partial charge on any atom is 0.181 e. The Morgan fingerprint density at radius 1 is 0.651 bits per heavy atom. The Kier molecular flexibility index (Phi) is 8.53. The summed E-state index contributed by atoms with van der Waals surface area (Å²) in [6.45, 7) is 11.6. The van der Waals surface area contributed by atoms with Crippen LogP contribution in [0.2, 0.25) is 0 Å². The standard InChI is InChI=1S/C20H18O6S3.C10H14O3S/c1-9-11-13(23-5-3-21-11)17(27-9)19-15-16(26-8-7-25-15)20(29-19)18-14-12(10(2)28-18)22-4-6-24-14;1-3-8(2)9-4-6-10(7-5-9)14(11,12)13/h3-8H2,1-2H3;4-8H,3H2,1-2H3,(H,11,12,13)/p-1. The second-order valence-corrected chi connectivity index (χ2v) is 15.0. The van der Waals surface area contributed by atoms with Crippen LogP contribution < -0.4 is 28.4 Å². The van der Waals surface area contributed by atoms with E-state index < -0.39 is 10.1 Å². The maximum atomic E-state index is 10.6. The molecule has 0 bridgehead atoms. The van der Waals surface area contributed by atoms with Crippen LogP contribution in [0.3, 0.4) is 0 Å². The van der Waals surface area contributed by atoms with E-state index in [-0.39, 0.29) is 4.90 Å². The van der Waals surface area contributed by atoms with Crippen molar-refractivity contribution in [3.8, 4) is 54.0 Å². The summed E-state index contributed by atoms with van der Waals surface area (Å²) in [5.41, 5.74) is 1.06. The molecule has 1 atom stereocenters. The highest BCUT2D eigenvalue weighted by atomic mass is 32.2. The molecule has 1 unspecified atom stereocenters. The number of hydrogen-bond donors (Lipinski definition) is 0. The second kappa shape index (κ2) is 12.2. The molecule has 0 saturated carbocycles. The van der Waals surface area contributed by atoms with Gasteiger partial charge in [0.25, 0.3) is 0 Å². The fourth-order valence-electron chi connectivity index (χ4n) is 4.94. The van der Waals surface area contributed by atoms with Gasteiger partial charge in [0.15, 0.2) is 34.5 Å². The molecule has 3 aliphatic heterocycles. The highest BCUT2D eigenvalue weighted by Crippen LogP contribution is 2.62. The molecule has 13 heteroatoms. The van der Waals surface area contributed by atoms with Crippen LogP contribution in [0, 0.1) is 13.8 Å². The van der Waals surface area contributed by atoms with Gasteiger partial charge in [-0.05, 0) is 43.9 Å². The van der Waals surface area contributed by atoms with Gasteiger partial charge in [0.2, 0.25) is 0 Å². The van der Waals surface area contributed by atoms with Gasteiger partial charge in [0.1, 0.15) is 49.8 Å². The van der Waals surface area contributed by atoms with Crippen molar-refractivity contribution < 1.29 is 41.4 Å². The minimum Gasteiger partial charge on any atom is -0.744 e. The zero-order valence-corrected chi connectivity index (χ0v) is 27.4. The van der Waals surface area contributed by atoms with Crippen LogP contribution in [-0.2, 0) is 10.1 Å². The summed E-state index contributed by atoms with van der Waals surface area (Å²) in [5, 5.41) is 0. The fraction of sp³-hybridized carbons (Fsp3) is 0.400. The number of rotatable bonds is 5. The van der Waals surface area contributed by atoms with Gasteiger partial charge in [0, 0.05) is 9.75 Å². The normalized spacial score (nSPS) is 15.8. The number of benzene rings is 1. The molecule has 3 aromatic heterocycles. The van der Waals surface area contributed by atoms with Crippen LogP contribution in [0.1, 0.15) is 41.5 Å². The van der Waals surface area contributed by atoms with Crippen LogP contribution >= 0.6 is 34.0 Å². The molecule has 0 aliphatic carbocycles. The maximum absolute atomic E-state index is 10.6. The molecule has 0 fully saturated rings. The summed E-state index contributed by atoms with van der Waals surface area (Å²) in [7, 11) is -4.30. The molecule has 1 aromatic carbocycles. The van der Waals surface area contributed by atoms with Gasteiger partial charge in [-0.1, -0.05) is 26.0 Å². The molecule has 7 rings (SSSR count). The van der Waals surface area contributed by atoms with Crippen molar-refractivity contribution in [2.24, 2.45) is 0 Å². The molecule has 0 N–H and O–H groups in total. The van der Waals surface area contributed by atoms with E-state index in [0.717, 1.165) is 75.7 Å². The quantitative estimate of drug-likeness (QED) is 0.204. The first-order valence-corrected chi connectivity index (χ1v) is 17.8. The zero-order valence-electron chi connectivity index (χ0n) is 24.1. The van der Waals surface area contributed by atoms with Crippen molar-refractivity contribution in [1.82, 2.24) is 0 Å². The number of thiophene rings is 3. The molecule has 3 aliphatic rings. The first-order valence-electron chi connectivity index (χ1n) is 13.9. The van der Waals surface area contributed by atoms with Crippen LogP contribution in [-0.4, -0.2) is 52.6 Å². The van der Waals surface area contributed by atoms with Crippen LogP contribution in [0.4, 0.5) is 0 Å². The van der Waals surface area contributed by atoms with Gasteiger partial charge in [-0.15, -0.1) is 34.0 Å². The van der Waals surface area contributed by atoms with Crippen molar-refractivity contribution >= 4 is 44.1 Å². The van der Waals surface area contributed by atoms with E-state index in [2.05, 4.69) is 27.7 Å². The van der Waals surface area contributed by atoms with Crippen molar-refractivity contribution in [2.75, 3.05) is 39.6 Å². The average molecular weight is 664 g/mol. The SMILES string of the molecule is CCC(C)c1ccc(S(=O)(=O)[O-])cc1.Cc1sc(-c2sc(-c3sc(C)c4c3OCCO4)c3c2OCCO3)c2c1OCCO2. The molecule has 43 heavy (non-hydrogen) atoms. The molecule has 9 nitrogen and oxygen atoms in total. The summed E-state index contributed by atoms with van der Waals surface area (Å²) in [5.74, 6) is 5.27.